The van der Waals surface area contributed by atoms with Crippen LogP contribution in [0.15, 0.2) is 71.1 Å². The Labute approximate surface area is 213 Å². The van der Waals surface area contributed by atoms with Gasteiger partial charge < -0.3 is 9.47 Å². The van der Waals surface area contributed by atoms with Crippen molar-refractivity contribution >= 4 is 33.8 Å². The zero-order valence-electron chi connectivity index (χ0n) is 20.7. The van der Waals surface area contributed by atoms with E-state index in [2.05, 4.69) is 11.0 Å². The fraction of sp³-hybridized carbons (Fsp3) is 0.357. The van der Waals surface area contributed by atoms with Gasteiger partial charge in [0.05, 0.1) is 48.2 Å². The number of piperidine rings is 1. The number of esters is 1. The highest BCUT2D eigenvalue weighted by Gasteiger charge is 2.49. The highest BCUT2D eigenvalue weighted by atomic mass is 32.2. The van der Waals surface area contributed by atoms with Crippen LogP contribution < -0.4 is 0 Å². The zero-order valence-corrected chi connectivity index (χ0v) is 21.5. The number of para-hydroxylation sites is 1. The van der Waals surface area contributed by atoms with E-state index in [0.29, 0.717) is 30.8 Å². The minimum Gasteiger partial charge on any atom is -0.469 e. The number of ether oxygens (including phenoxy) is 2. The summed E-state index contributed by atoms with van der Waals surface area (Å²) in [5.74, 6) is -0.377. The molecule has 8 heteroatoms. The monoisotopic (exact) mass is 506 g/mol. The van der Waals surface area contributed by atoms with Crippen LogP contribution >= 0.6 is 0 Å². The van der Waals surface area contributed by atoms with E-state index < -0.39 is 22.8 Å². The summed E-state index contributed by atoms with van der Waals surface area (Å²) in [7, 11) is 1.64. The molecule has 1 unspecified atom stereocenters. The van der Waals surface area contributed by atoms with Gasteiger partial charge in [0.2, 0.25) is 0 Å². The van der Waals surface area contributed by atoms with Crippen LogP contribution in [0.1, 0.15) is 36.6 Å². The molecule has 0 radical (unpaired) electrons. The summed E-state index contributed by atoms with van der Waals surface area (Å²) in [6.07, 6.45) is 2.26. The highest BCUT2D eigenvalue weighted by Crippen LogP contribution is 2.53. The zero-order chi connectivity index (χ0) is 25.4. The molecule has 0 N–H and O–H groups in total. The van der Waals surface area contributed by atoms with Crippen molar-refractivity contribution in [2.45, 2.75) is 30.2 Å². The van der Waals surface area contributed by atoms with Gasteiger partial charge in [-0.1, -0.05) is 48.0 Å². The molecule has 36 heavy (non-hydrogen) atoms. The average Bonchev–Trinajstić information content (AvgIpc) is 3.27. The number of methoxy groups -OCH3 is 2. The Balaban J connectivity index is 1.64. The summed E-state index contributed by atoms with van der Waals surface area (Å²) < 4.78 is 25.1. The first-order valence-corrected chi connectivity index (χ1v) is 13.4. The summed E-state index contributed by atoms with van der Waals surface area (Å²) in [6.45, 7) is 3.21. The molecule has 188 valence electrons. The first-order chi connectivity index (χ1) is 17.5. The quantitative estimate of drug-likeness (QED) is 0.371. The fourth-order valence-corrected chi connectivity index (χ4v) is 7.00. The number of allylic oxidation sites excluding steroid dienone is 1. The molecule has 2 aliphatic rings. The topological polar surface area (TPSA) is 77.8 Å². The van der Waals surface area contributed by atoms with E-state index in [4.69, 9.17) is 9.47 Å². The number of carbonyl (C=O) groups is 2. The van der Waals surface area contributed by atoms with E-state index in [9.17, 15) is 13.8 Å². The van der Waals surface area contributed by atoms with Crippen molar-refractivity contribution < 1.29 is 23.3 Å². The van der Waals surface area contributed by atoms with Crippen LogP contribution in [-0.2, 0) is 25.1 Å². The molecule has 3 aromatic rings. The van der Waals surface area contributed by atoms with Crippen molar-refractivity contribution in [1.29, 1.82) is 0 Å². The number of hydrogen-bond acceptors (Lipinski definition) is 6. The molecule has 0 spiro atoms. The molecule has 2 aromatic carbocycles. The van der Waals surface area contributed by atoms with Crippen LogP contribution in [0, 0.1) is 5.92 Å². The molecule has 0 amide bonds. The molecule has 5 rings (SSSR count). The van der Waals surface area contributed by atoms with E-state index in [1.807, 2.05) is 61.5 Å². The predicted octanol–water partition coefficient (Wildman–Crippen LogP) is 4.64. The molecule has 2 heterocycles. The number of carbonyl (C=O) groups excluding carboxylic acids is 2. The van der Waals surface area contributed by atoms with Gasteiger partial charge >= 0.3 is 12.1 Å². The molecular weight excluding hydrogens is 476 g/mol. The third kappa shape index (κ3) is 3.98. The van der Waals surface area contributed by atoms with Gasteiger partial charge in [-0.05, 0) is 37.1 Å². The molecule has 2 bridgehead atoms. The lowest BCUT2D eigenvalue weighted by Crippen LogP contribution is -2.47. The van der Waals surface area contributed by atoms with Gasteiger partial charge in [-0.3, -0.25) is 13.9 Å². The Morgan fingerprint density at radius 2 is 1.78 bits per heavy atom. The molecule has 1 aliphatic heterocycles. The van der Waals surface area contributed by atoms with Crippen molar-refractivity contribution in [3.8, 4) is 0 Å². The summed E-state index contributed by atoms with van der Waals surface area (Å²) in [6, 6.07) is 17.0. The largest absolute Gasteiger partial charge is 0.469 e. The number of aromatic nitrogens is 1. The van der Waals surface area contributed by atoms with Crippen LogP contribution in [0.4, 0.5) is 4.79 Å². The lowest BCUT2D eigenvalue weighted by Gasteiger charge is -2.47. The molecule has 1 aromatic heterocycles. The van der Waals surface area contributed by atoms with Crippen LogP contribution in [0.3, 0.4) is 0 Å². The summed E-state index contributed by atoms with van der Waals surface area (Å²) >= 11 is 0. The Kier molecular flexibility index (Phi) is 6.81. The third-order valence-electron chi connectivity index (χ3n) is 7.51. The Morgan fingerprint density at radius 3 is 2.47 bits per heavy atom. The SMILES string of the molecule is C/C=C1/CN(CCS(=O)c2ccccc2)[C@@H]2C[C@H]1[C@@H](C(=O)OC)c1c2n(C(=O)OC)c2ccccc12. The van der Waals surface area contributed by atoms with Crippen LogP contribution in [-0.4, -0.2) is 58.8 Å². The second kappa shape index (κ2) is 10.0. The highest BCUT2D eigenvalue weighted by molar-refractivity contribution is 7.85. The summed E-state index contributed by atoms with van der Waals surface area (Å²) in [5.41, 5.74) is 3.48. The number of rotatable bonds is 5. The Hall–Kier alpha value is -3.23. The van der Waals surface area contributed by atoms with Gasteiger partial charge in [0.25, 0.3) is 0 Å². The number of fused-ring (bicyclic) bond motifs is 6. The van der Waals surface area contributed by atoms with Gasteiger partial charge in [-0.25, -0.2) is 9.36 Å². The minimum absolute atomic E-state index is 0.0345. The molecular formula is C28H30N2O5S. The van der Waals surface area contributed by atoms with Crippen molar-refractivity contribution in [1.82, 2.24) is 9.47 Å². The first kappa shape index (κ1) is 24.5. The number of benzene rings is 2. The van der Waals surface area contributed by atoms with Crippen LogP contribution in [0.2, 0.25) is 0 Å². The van der Waals surface area contributed by atoms with E-state index >= 15 is 0 Å². The van der Waals surface area contributed by atoms with Crippen LogP contribution in [0.5, 0.6) is 0 Å². The first-order valence-electron chi connectivity index (χ1n) is 12.1. The number of likely N-dealkylation sites (tertiary alicyclic amines) is 1. The number of hydrogen-bond donors (Lipinski definition) is 0. The lowest BCUT2D eigenvalue weighted by atomic mass is 9.68. The maximum atomic E-state index is 13.2. The predicted molar refractivity (Wildman–Crippen MR) is 138 cm³/mol. The van der Waals surface area contributed by atoms with E-state index in [-0.39, 0.29) is 17.9 Å². The Bertz CT molecular complexity index is 1360. The maximum absolute atomic E-state index is 13.2. The normalized spacial score (nSPS) is 23.3. The second-order valence-corrected chi connectivity index (χ2v) is 10.7. The van der Waals surface area contributed by atoms with Crippen molar-refractivity contribution in [3.05, 3.63) is 77.5 Å². The fourth-order valence-electron chi connectivity index (χ4n) is 5.91. The minimum atomic E-state index is -1.14. The average molecular weight is 507 g/mol. The van der Waals surface area contributed by atoms with Crippen molar-refractivity contribution in [2.24, 2.45) is 5.92 Å². The molecule has 4 atom stereocenters. The van der Waals surface area contributed by atoms with Gasteiger partial charge in [0.1, 0.15) is 0 Å². The van der Waals surface area contributed by atoms with Gasteiger partial charge in [0.15, 0.2) is 0 Å². The van der Waals surface area contributed by atoms with E-state index in [1.165, 1.54) is 14.2 Å². The standard InChI is InChI=1S/C28H30N2O5S/c1-4-18-17-29(14-15-36(33)19-10-6-5-7-11-19)23-16-21(18)25(27(31)34-2)24-20-12-8-9-13-22(20)30(26(23)24)28(32)35-3/h4-13,21,23,25H,14-17H2,1-3H3/b18-4-/t21-,23-,25-,36?/m1/s1. The lowest BCUT2D eigenvalue weighted by molar-refractivity contribution is -0.144. The third-order valence-corrected chi connectivity index (χ3v) is 8.87. The van der Waals surface area contributed by atoms with E-state index in [0.717, 1.165) is 27.1 Å². The summed E-state index contributed by atoms with van der Waals surface area (Å²) in [5, 5.41) is 0.855. The van der Waals surface area contributed by atoms with Gasteiger partial charge in [-0.15, -0.1) is 0 Å². The second-order valence-electron chi connectivity index (χ2n) is 9.18. The molecule has 1 aliphatic carbocycles. The van der Waals surface area contributed by atoms with Gasteiger partial charge in [-0.2, -0.15) is 0 Å². The molecule has 1 fully saturated rings. The van der Waals surface area contributed by atoms with Crippen molar-refractivity contribution in [2.75, 3.05) is 33.1 Å². The Morgan fingerprint density at radius 1 is 1.06 bits per heavy atom. The number of nitrogens with zero attached hydrogens (tertiary/aromatic N) is 2. The van der Waals surface area contributed by atoms with E-state index in [1.54, 1.807) is 4.57 Å². The maximum Gasteiger partial charge on any atom is 0.418 e. The van der Waals surface area contributed by atoms with Gasteiger partial charge in [0, 0.05) is 35.0 Å². The molecule has 0 saturated carbocycles. The van der Waals surface area contributed by atoms with Crippen molar-refractivity contribution in [3.63, 3.8) is 0 Å². The molecule has 1 saturated heterocycles. The smallest absolute Gasteiger partial charge is 0.418 e. The van der Waals surface area contributed by atoms with Crippen LogP contribution in [0.25, 0.3) is 10.9 Å². The summed E-state index contributed by atoms with van der Waals surface area (Å²) in [4.78, 5) is 29.4. The molecule has 7 nitrogen and oxygen atoms in total.